The predicted octanol–water partition coefficient (Wildman–Crippen LogP) is 4.59. The number of carbonyl (C=O) groups is 4. The summed E-state index contributed by atoms with van der Waals surface area (Å²) in [5.74, 6) is -7.15. The molecule has 1 atom stereocenters. The number of ether oxygens (including phenoxy) is 1. The number of aliphatic carboxylic acids is 1. The number of alkyl halides is 3. The van der Waals surface area contributed by atoms with Crippen LogP contribution < -0.4 is 31.3 Å². The first-order chi connectivity index (χ1) is 25.6. The van der Waals surface area contributed by atoms with E-state index in [2.05, 4.69) is 41.5 Å². The Morgan fingerprint density at radius 2 is 1.56 bits per heavy atom. The molecule has 1 aromatic heterocycles. The van der Waals surface area contributed by atoms with Crippen molar-refractivity contribution in [1.82, 2.24) is 30.9 Å². The van der Waals surface area contributed by atoms with E-state index >= 15 is 0 Å². The summed E-state index contributed by atoms with van der Waals surface area (Å²) in [5, 5.41) is 22.7. The molecule has 1 fully saturated rings. The van der Waals surface area contributed by atoms with Gasteiger partial charge in [0.05, 0.1) is 5.54 Å². The molecule has 0 aliphatic heterocycles. The van der Waals surface area contributed by atoms with Gasteiger partial charge in [0.15, 0.2) is 18.2 Å². The largest absolute Gasteiger partial charge is 0.480 e. The molecular weight excluding hydrogens is 747 g/mol. The Kier molecular flexibility index (Phi) is 12.1. The van der Waals surface area contributed by atoms with Gasteiger partial charge in [-0.1, -0.05) is 35.9 Å². The van der Waals surface area contributed by atoms with E-state index in [4.69, 9.17) is 16.3 Å². The highest BCUT2D eigenvalue weighted by atomic mass is 35.5. The van der Waals surface area contributed by atoms with Crippen LogP contribution in [0.15, 0.2) is 66.7 Å². The smallest absolute Gasteiger partial charge is 0.422 e. The van der Waals surface area contributed by atoms with Crippen molar-refractivity contribution < 1.29 is 51.0 Å². The van der Waals surface area contributed by atoms with Gasteiger partial charge < -0.3 is 36.4 Å². The van der Waals surface area contributed by atoms with Crippen LogP contribution in [0, 0.1) is 11.6 Å². The molecule has 1 aliphatic carbocycles. The first kappa shape index (κ1) is 39.1. The quantitative estimate of drug-likeness (QED) is 0.0730. The van der Waals surface area contributed by atoms with E-state index < -0.39 is 72.2 Å². The van der Waals surface area contributed by atoms with Gasteiger partial charge in [0.2, 0.25) is 11.9 Å². The lowest BCUT2D eigenvalue weighted by molar-refractivity contribution is -0.154. The lowest BCUT2D eigenvalue weighted by Gasteiger charge is -2.19. The van der Waals surface area contributed by atoms with Crippen molar-refractivity contribution in [3.63, 3.8) is 0 Å². The van der Waals surface area contributed by atoms with E-state index in [0.29, 0.717) is 23.6 Å². The Morgan fingerprint density at radius 1 is 0.889 bits per heavy atom. The fourth-order valence-electron chi connectivity index (χ4n) is 4.96. The van der Waals surface area contributed by atoms with Crippen LogP contribution >= 0.6 is 11.6 Å². The number of halogens is 6. The van der Waals surface area contributed by atoms with Gasteiger partial charge in [-0.05, 0) is 67.3 Å². The molecule has 0 radical (unpaired) electrons. The SMILES string of the molecule is O=C(NCC[C@H](NC(=O)c1ccc(Nc2nc(NC3(c4ccc(Cl)cc4)CC3)nc(OCC(F)(F)F)n2)cc1)C(=O)O)C(=O)NCc1cccc(F)c1F. The standard InChI is InChI=1S/C34H30ClF5N8O6/c35-21-8-6-20(7-9-21)33(13-14-33)48-31-45-30(46-32(47-31)54-17-34(38,39)40)43-22-10-4-18(5-11-22)26(49)44-24(29(52)53)12-15-41-27(50)28(51)42-16-19-2-1-3-23(36)25(19)37/h1-11,24H,12-17H2,(H,41,50)(H,42,51)(H,44,49)(H,52,53)(H2,43,45,46,47,48)/t24-/m0/s1. The van der Waals surface area contributed by atoms with Gasteiger partial charge in [0, 0.05) is 34.9 Å². The highest BCUT2D eigenvalue weighted by Crippen LogP contribution is 2.48. The second kappa shape index (κ2) is 16.7. The third kappa shape index (κ3) is 10.7. The zero-order chi connectivity index (χ0) is 39.0. The minimum atomic E-state index is -4.66. The van der Waals surface area contributed by atoms with Crippen molar-refractivity contribution in [2.24, 2.45) is 0 Å². The maximum atomic E-state index is 13.8. The van der Waals surface area contributed by atoms with E-state index in [0.717, 1.165) is 11.6 Å². The molecular formula is C34H30ClF5N8O6. The highest BCUT2D eigenvalue weighted by molar-refractivity contribution is 6.35. The summed E-state index contributed by atoms with van der Waals surface area (Å²) in [6.45, 7) is -2.48. The molecule has 0 spiro atoms. The zero-order valence-electron chi connectivity index (χ0n) is 27.8. The van der Waals surface area contributed by atoms with Crippen molar-refractivity contribution in [2.45, 2.75) is 43.6 Å². The number of benzene rings is 3. The van der Waals surface area contributed by atoms with Crippen LogP contribution in [0.25, 0.3) is 0 Å². The minimum absolute atomic E-state index is 0.0191. The normalized spacial score (nSPS) is 13.6. The molecule has 1 saturated carbocycles. The first-order valence-corrected chi connectivity index (χ1v) is 16.4. The van der Waals surface area contributed by atoms with E-state index in [-0.39, 0.29) is 36.0 Å². The lowest BCUT2D eigenvalue weighted by atomic mass is 10.1. The molecule has 6 N–H and O–H groups in total. The third-order valence-electron chi connectivity index (χ3n) is 7.88. The number of anilines is 3. The Morgan fingerprint density at radius 3 is 2.20 bits per heavy atom. The van der Waals surface area contributed by atoms with Crippen LogP contribution in [0.1, 0.15) is 40.7 Å². The van der Waals surface area contributed by atoms with Crippen molar-refractivity contribution in [3.8, 4) is 6.01 Å². The number of aromatic nitrogens is 3. The van der Waals surface area contributed by atoms with Crippen molar-refractivity contribution >= 4 is 52.9 Å². The Bertz CT molecular complexity index is 2020. The van der Waals surface area contributed by atoms with Gasteiger partial charge >= 0.3 is 30.0 Å². The second-order valence-electron chi connectivity index (χ2n) is 11.9. The fraction of sp³-hybridized carbons (Fsp3) is 0.265. The molecule has 1 aliphatic rings. The van der Waals surface area contributed by atoms with Crippen molar-refractivity contribution in [3.05, 3.63) is 100 Å². The average Bonchev–Trinajstić information content (AvgIpc) is 3.91. The average molecular weight is 777 g/mol. The van der Waals surface area contributed by atoms with E-state index in [9.17, 15) is 46.2 Å². The number of carboxylic acids is 1. The highest BCUT2D eigenvalue weighted by Gasteiger charge is 2.45. The monoisotopic (exact) mass is 776 g/mol. The van der Waals surface area contributed by atoms with Gasteiger partial charge in [0.1, 0.15) is 6.04 Å². The first-order valence-electron chi connectivity index (χ1n) is 16.0. The van der Waals surface area contributed by atoms with Crippen molar-refractivity contribution in [2.75, 3.05) is 23.8 Å². The fourth-order valence-corrected chi connectivity index (χ4v) is 5.08. The predicted molar refractivity (Wildman–Crippen MR) is 182 cm³/mol. The van der Waals surface area contributed by atoms with E-state index in [1.165, 1.54) is 36.4 Å². The van der Waals surface area contributed by atoms with E-state index in [1.54, 1.807) is 12.1 Å². The summed E-state index contributed by atoms with van der Waals surface area (Å²) >= 11 is 6.00. The number of carbonyl (C=O) groups excluding carboxylic acids is 3. The maximum Gasteiger partial charge on any atom is 0.422 e. The van der Waals surface area contributed by atoms with Crippen LogP contribution in [0.2, 0.25) is 5.02 Å². The number of amides is 3. The van der Waals surface area contributed by atoms with Gasteiger partial charge in [-0.25, -0.2) is 13.6 Å². The van der Waals surface area contributed by atoms with Crippen LogP contribution in [0.3, 0.4) is 0 Å². The molecule has 0 unspecified atom stereocenters. The molecule has 4 aromatic rings. The third-order valence-corrected chi connectivity index (χ3v) is 8.13. The number of hydrogen-bond acceptors (Lipinski definition) is 10. The van der Waals surface area contributed by atoms with Gasteiger partial charge in [-0.3, -0.25) is 14.4 Å². The lowest BCUT2D eigenvalue weighted by Crippen LogP contribution is -2.45. The number of carboxylic acid groups (broad SMARTS) is 1. The second-order valence-corrected chi connectivity index (χ2v) is 12.3. The van der Waals surface area contributed by atoms with Crippen LogP contribution in [0.5, 0.6) is 6.01 Å². The minimum Gasteiger partial charge on any atom is -0.480 e. The van der Waals surface area contributed by atoms with E-state index in [1.807, 2.05) is 12.1 Å². The number of rotatable bonds is 15. The molecule has 5 rings (SSSR count). The summed E-state index contributed by atoms with van der Waals surface area (Å²) in [6.07, 6.45) is -3.62. The van der Waals surface area contributed by atoms with Crippen molar-refractivity contribution in [1.29, 1.82) is 0 Å². The van der Waals surface area contributed by atoms with Crippen LogP contribution in [-0.2, 0) is 26.5 Å². The van der Waals surface area contributed by atoms with Crippen LogP contribution in [0.4, 0.5) is 39.5 Å². The summed E-state index contributed by atoms with van der Waals surface area (Å²) in [4.78, 5) is 61.0. The van der Waals surface area contributed by atoms with Gasteiger partial charge in [-0.15, -0.1) is 0 Å². The molecule has 1 heterocycles. The topological polar surface area (TPSA) is 197 Å². The summed E-state index contributed by atoms with van der Waals surface area (Å²) in [7, 11) is 0. The van der Waals surface area contributed by atoms with Crippen LogP contribution in [-0.4, -0.2) is 69.1 Å². The molecule has 14 nitrogen and oxygen atoms in total. The van der Waals surface area contributed by atoms with Gasteiger partial charge in [0.25, 0.3) is 5.91 Å². The molecule has 284 valence electrons. The van der Waals surface area contributed by atoms with Gasteiger partial charge in [-0.2, -0.15) is 28.1 Å². The molecule has 20 heteroatoms. The molecule has 3 aromatic carbocycles. The maximum absolute atomic E-state index is 13.8. The number of nitrogens with zero attached hydrogens (tertiary/aromatic N) is 3. The Balaban J connectivity index is 1.17. The number of hydrogen-bond donors (Lipinski definition) is 6. The molecule has 54 heavy (non-hydrogen) atoms. The summed E-state index contributed by atoms with van der Waals surface area (Å²) in [6, 6.07) is 13.7. The Labute approximate surface area is 307 Å². The zero-order valence-corrected chi connectivity index (χ0v) is 28.5. The number of nitrogens with one attached hydrogen (secondary N) is 5. The molecule has 3 amide bonds. The molecule has 0 saturated heterocycles. The summed E-state index contributed by atoms with van der Waals surface area (Å²) in [5.41, 5.74) is 0.400. The summed E-state index contributed by atoms with van der Waals surface area (Å²) < 4.78 is 70.6. The molecule has 0 bridgehead atoms. The Hall–Kier alpha value is -6.11.